The van der Waals surface area contributed by atoms with E-state index in [2.05, 4.69) is 15.5 Å². The van der Waals surface area contributed by atoms with E-state index >= 15 is 0 Å². The van der Waals surface area contributed by atoms with Crippen molar-refractivity contribution in [3.63, 3.8) is 0 Å². The summed E-state index contributed by atoms with van der Waals surface area (Å²) in [6, 6.07) is 7.31. The first-order valence-corrected chi connectivity index (χ1v) is 5.28. The Kier molecular flexibility index (Phi) is 3.13. The quantitative estimate of drug-likeness (QED) is 0.798. The van der Waals surface area contributed by atoms with Crippen LogP contribution in [0.15, 0.2) is 18.2 Å². The van der Waals surface area contributed by atoms with Gasteiger partial charge in [-0.2, -0.15) is 8.42 Å². The molecular formula is C7H8ClN2O2S. The minimum absolute atomic E-state index is 0.304. The van der Waals surface area contributed by atoms with Gasteiger partial charge in [-0.05, 0) is 18.2 Å². The fourth-order valence-electron chi connectivity index (χ4n) is 0.685. The van der Waals surface area contributed by atoms with Crippen molar-refractivity contribution in [1.82, 2.24) is 4.72 Å². The molecule has 6 heteroatoms. The summed E-state index contributed by atoms with van der Waals surface area (Å²) in [6.07, 6.45) is 0. The number of benzene rings is 1. The van der Waals surface area contributed by atoms with Gasteiger partial charge in [-0.15, -0.1) is 0 Å². The Labute approximate surface area is 82.1 Å². The Morgan fingerprint density at radius 1 is 1.54 bits per heavy atom. The lowest BCUT2D eigenvalue weighted by molar-refractivity contribution is 0.593. The van der Waals surface area contributed by atoms with Crippen LogP contribution in [0.5, 0.6) is 0 Å². The van der Waals surface area contributed by atoms with Gasteiger partial charge >= 0.3 is 0 Å². The second-order valence-electron chi connectivity index (χ2n) is 2.22. The second-order valence-corrected chi connectivity index (χ2v) is 4.24. The van der Waals surface area contributed by atoms with Gasteiger partial charge in [0, 0.05) is 7.05 Å². The second kappa shape index (κ2) is 3.95. The van der Waals surface area contributed by atoms with Crippen molar-refractivity contribution in [3.05, 3.63) is 29.3 Å². The highest BCUT2D eigenvalue weighted by molar-refractivity contribution is 7.90. The minimum atomic E-state index is -3.50. The summed E-state index contributed by atoms with van der Waals surface area (Å²) in [5.74, 6) is 0. The van der Waals surface area contributed by atoms with Crippen LogP contribution in [0, 0.1) is 6.07 Å². The van der Waals surface area contributed by atoms with Gasteiger partial charge in [-0.25, -0.2) is 4.72 Å². The van der Waals surface area contributed by atoms with Crippen molar-refractivity contribution in [1.29, 1.82) is 0 Å². The first kappa shape index (κ1) is 10.3. The van der Waals surface area contributed by atoms with Crippen molar-refractivity contribution in [2.24, 2.45) is 0 Å². The third kappa shape index (κ3) is 2.87. The molecule has 0 bridgehead atoms. The van der Waals surface area contributed by atoms with Crippen molar-refractivity contribution in [3.8, 4) is 0 Å². The van der Waals surface area contributed by atoms with E-state index in [4.69, 9.17) is 11.6 Å². The van der Waals surface area contributed by atoms with Crippen LogP contribution in [0.1, 0.15) is 0 Å². The molecule has 0 fully saturated rings. The molecule has 0 heterocycles. The predicted molar refractivity (Wildman–Crippen MR) is 51.9 cm³/mol. The largest absolute Gasteiger partial charge is 0.298 e. The molecule has 71 valence electrons. The van der Waals surface area contributed by atoms with Gasteiger partial charge in [0.1, 0.15) is 0 Å². The molecule has 0 aliphatic heterocycles. The molecule has 0 aliphatic carbocycles. The summed E-state index contributed by atoms with van der Waals surface area (Å²) >= 11 is 5.71. The molecule has 0 saturated carbocycles. The zero-order chi connectivity index (χ0) is 9.90. The molecule has 2 N–H and O–H groups in total. The normalized spacial score (nSPS) is 11.2. The van der Waals surface area contributed by atoms with Crippen molar-refractivity contribution < 1.29 is 8.42 Å². The van der Waals surface area contributed by atoms with Gasteiger partial charge in [0.15, 0.2) is 0 Å². The number of hydrogen-bond donors (Lipinski definition) is 2. The summed E-state index contributed by atoms with van der Waals surface area (Å²) in [6.45, 7) is 0. The average molecular weight is 220 g/mol. The first-order valence-electron chi connectivity index (χ1n) is 3.42. The highest BCUT2D eigenvalue weighted by Crippen LogP contribution is 2.20. The fraction of sp³-hybridized carbons (Fsp3) is 0.143. The lowest BCUT2D eigenvalue weighted by Crippen LogP contribution is -2.26. The van der Waals surface area contributed by atoms with Crippen LogP contribution in [0.2, 0.25) is 5.02 Å². The lowest BCUT2D eigenvalue weighted by Gasteiger charge is -2.06. The van der Waals surface area contributed by atoms with Crippen LogP contribution >= 0.6 is 11.6 Å². The Morgan fingerprint density at radius 2 is 2.23 bits per heavy atom. The van der Waals surface area contributed by atoms with Crippen LogP contribution < -0.4 is 9.44 Å². The Balaban J connectivity index is 2.93. The van der Waals surface area contributed by atoms with E-state index in [-0.39, 0.29) is 0 Å². The molecule has 13 heavy (non-hydrogen) atoms. The van der Waals surface area contributed by atoms with Gasteiger partial charge in [-0.3, -0.25) is 4.72 Å². The Bertz CT molecular complexity index is 391. The number of halogens is 1. The maximum atomic E-state index is 11.0. The molecule has 1 aromatic carbocycles. The van der Waals surface area contributed by atoms with Crippen molar-refractivity contribution in [2.45, 2.75) is 0 Å². The Hall–Kier alpha value is -0.780. The molecule has 0 atom stereocenters. The van der Waals surface area contributed by atoms with Gasteiger partial charge in [0.05, 0.1) is 10.7 Å². The third-order valence-corrected chi connectivity index (χ3v) is 2.68. The lowest BCUT2D eigenvalue weighted by atomic mass is 10.3. The van der Waals surface area contributed by atoms with Crippen LogP contribution in [0.4, 0.5) is 5.69 Å². The smallest absolute Gasteiger partial charge is 0.270 e. The topological polar surface area (TPSA) is 58.2 Å². The van der Waals surface area contributed by atoms with E-state index in [0.29, 0.717) is 10.7 Å². The first-order chi connectivity index (χ1) is 6.05. The van der Waals surface area contributed by atoms with Gasteiger partial charge in [0.25, 0.3) is 10.2 Å². The SMILES string of the molecule is CNS(=O)(=O)Nc1c[c]ccc1Cl. The molecule has 1 aromatic rings. The maximum Gasteiger partial charge on any atom is 0.298 e. The van der Waals surface area contributed by atoms with Crippen LogP contribution in [0.3, 0.4) is 0 Å². The standard InChI is InChI=1S/C7H8ClN2O2S/c1-9-13(11,12)10-7-5-3-2-4-6(7)8/h2,4-5,9-10H,1H3. The van der Waals surface area contributed by atoms with Gasteiger partial charge in [-0.1, -0.05) is 17.7 Å². The zero-order valence-corrected chi connectivity index (χ0v) is 8.41. The van der Waals surface area contributed by atoms with E-state index in [1.54, 1.807) is 12.1 Å². The van der Waals surface area contributed by atoms with Gasteiger partial charge in [0.2, 0.25) is 0 Å². The molecule has 1 radical (unpaired) electrons. The van der Waals surface area contributed by atoms with E-state index in [9.17, 15) is 8.42 Å². The summed E-state index contributed by atoms with van der Waals surface area (Å²) in [4.78, 5) is 0. The molecular weight excluding hydrogens is 212 g/mol. The predicted octanol–water partition coefficient (Wildman–Crippen LogP) is 1.02. The number of rotatable bonds is 3. The number of nitrogens with one attached hydrogen (secondary N) is 2. The summed E-state index contributed by atoms with van der Waals surface area (Å²) < 4.78 is 26.4. The number of anilines is 1. The number of hydrogen-bond acceptors (Lipinski definition) is 2. The molecule has 0 unspecified atom stereocenters. The van der Waals surface area contributed by atoms with Crippen LogP contribution in [-0.4, -0.2) is 15.5 Å². The van der Waals surface area contributed by atoms with Crippen LogP contribution in [-0.2, 0) is 10.2 Å². The third-order valence-electron chi connectivity index (χ3n) is 1.32. The summed E-state index contributed by atoms with van der Waals surface area (Å²) in [7, 11) is -2.19. The molecule has 1 rings (SSSR count). The van der Waals surface area contributed by atoms with E-state index in [0.717, 1.165) is 0 Å². The Morgan fingerprint density at radius 3 is 2.77 bits per heavy atom. The fourth-order valence-corrected chi connectivity index (χ4v) is 1.47. The average Bonchev–Trinajstić information content (AvgIpc) is 2.09. The van der Waals surface area contributed by atoms with Crippen LogP contribution in [0.25, 0.3) is 0 Å². The molecule has 0 aliphatic rings. The minimum Gasteiger partial charge on any atom is -0.270 e. The maximum absolute atomic E-state index is 11.0. The molecule has 0 amide bonds. The zero-order valence-electron chi connectivity index (χ0n) is 6.83. The van der Waals surface area contributed by atoms with Crippen molar-refractivity contribution in [2.75, 3.05) is 11.8 Å². The van der Waals surface area contributed by atoms with E-state index in [1.807, 2.05) is 0 Å². The highest BCUT2D eigenvalue weighted by atomic mass is 35.5. The monoisotopic (exact) mass is 219 g/mol. The van der Waals surface area contributed by atoms with Crippen molar-refractivity contribution >= 4 is 27.5 Å². The molecule has 0 aromatic heterocycles. The molecule has 0 saturated heterocycles. The molecule has 4 nitrogen and oxygen atoms in total. The van der Waals surface area contributed by atoms with Gasteiger partial charge < -0.3 is 0 Å². The van der Waals surface area contributed by atoms with E-state index < -0.39 is 10.2 Å². The van der Waals surface area contributed by atoms with E-state index in [1.165, 1.54) is 13.1 Å². The summed E-state index contributed by atoms with van der Waals surface area (Å²) in [5.41, 5.74) is 0.304. The summed E-state index contributed by atoms with van der Waals surface area (Å²) in [5, 5.41) is 0.331. The highest BCUT2D eigenvalue weighted by Gasteiger charge is 2.07. The molecule has 0 spiro atoms.